The molecular weight excluding hydrogens is 304 g/mol. The molecule has 1 amide bonds. The van der Waals surface area contributed by atoms with Gasteiger partial charge in [-0.3, -0.25) is 4.79 Å². The number of ether oxygens (including phenoxy) is 1. The van der Waals surface area contributed by atoms with Crippen LogP contribution in [0.1, 0.15) is 12.5 Å². The number of anilines is 2. The smallest absolute Gasteiger partial charge is 0.338 e. The van der Waals surface area contributed by atoms with E-state index in [2.05, 4.69) is 11.9 Å². The summed E-state index contributed by atoms with van der Waals surface area (Å²) in [6, 6.07) is 13.7. The number of carbonyl (C=O) groups is 2. The van der Waals surface area contributed by atoms with Crippen LogP contribution < -0.4 is 15.8 Å². The van der Waals surface area contributed by atoms with E-state index >= 15 is 0 Å². The maximum absolute atomic E-state index is 11.9. The summed E-state index contributed by atoms with van der Waals surface area (Å²) in [5, 5.41) is 2.72. The van der Waals surface area contributed by atoms with Gasteiger partial charge in [0.25, 0.3) is 0 Å². The number of rotatable bonds is 5. The minimum atomic E-state index is -0.488. The van der Waals surface area contributed by atoms with Crippen LogP contribution in [0.25, 0.3) is 6.08 Å². The Hall–Kier alpha value is -3.34. The van der Waals surface area contributed by atoms with E-state index in [0.717, 1.165) is 5.56 Å². The largest absolute Gasteiger partial charge is 0.423 e. The molecule has 0 aliphatic carbocycles. The van der Waals surface area contributed by atoms with Crippen LogP contribution in [0.2, 0.25) is 0 Å². The van der Waals surface area contributed by atoms with E-state index < -0.39 is 5.97 Å². The molecule has 0 unspecified atom stereocenters. The fraction of sp³-hybridized carbons (Fsp3) is 0.0526. The minimum Gasteiger partial charge on any atom is -0.423 e. The van der Waals surface area contributed by atoms with Crippen LogP contribution >= 0.6 is 0 Å². The molecule has 0 aliphatic heterocycles. The molecule has 0 spiro atoms. The Labute approximate surface area is 140 Å². The topological polar surface area (TPSA) is 81.4 Å². The molecule has 2 aromatic rings. The standard InChI is InChI=1S/C19H18N2O3/c1-13(2)19(23)24-17-10-8-16(9-11-17)21-18(22)12-5-14-3-6-15(20)7-4-14/h3-12H,1,20H2,2H3,(H,21,22)/b12-5+. The molecule has 0 aliphatic rings. The van der Waals surface area contributed by atoms with E-state index in [-0.39, 0.29) is 5.91 Å². The number of amides is 1. The van der Waals surface area contributed by atoms with Crippen molar-refractivity contribution in [3.8, 4) is 5.75 Å². The zero-order valence-electron chi connectivity index (χ0n) is 13.3. The average molecular weight is 322 g/mol. The van der Waals surface area contributed by atoms with Crippen LogP contribution in [0.4, 0.5) is 11.4 Å². The van der Waals surface area contributed by atoms with Crippen molar-refractivity contribution >= 4 is 29.3 Å². The van der Waals surface area contributed by atoms with Gasteiger partial charge < -0.3 is 15.8 Å². The van der Waals surface area contributed by atoms with Crippen molar-refractivity contribution in [1.29, 1.82) is 0 Å². The summed E-state index contributed by atoms with van der Waals surface area (Å²) >= 11 is 0. The molecule has 2 rings (SSSR count). The first-order valence-corrected chi connectivity index (χ1v) is 7.26. The van der Waals surface area contributed by atoms with Gasteiger partial charge in [-0.2, -0.15) is 0 Å². The molecule has 2 aromatic carbocycles. The first kappa shape index (κ1) is 17.0. The van der Waals surface area contributed by atoms with Gasteiger partial charge in [0.15, 0.2) is 0 Å². The summed E-state index contributed by atoms with van der Waals surface area (Å²) in [6.07, 6.45) is 3.12. The second kappa shape index (κ2) is 7.78. The van der Waals surface area contributed by atoms with Crippen LogP contribution in [0.15, 0.2) is 66.8 Å². The quantitative estimate of drug-likeness (QED) is 0.382. The van der Waals surface area contributed by atoms with E-state index in [1.807, 2.05) is 12.1 Å². The Morgan fingerprint density at radius 1 is 1.08 bits per heavy atom. The highest BCUT2D eigenvalue weighted by Crippen LogP contribution is 2.17. The minimum absolute atomic E-state index is 0.265. The van der Waals surface area contributed by atoms with Gasteiger partial charge in [0.05, 0.1) is 0 Å². The first-order valence-electron chi connectivity index (χ1n) is 7.26. The number of nitrogen functional groups attached to an aromatic ring is 1. The van der Waals surface area contributed by atoms with Gasteiger partial charge in [-0.05, 0) is 55.0 Å². The third-order valence-electron chi connectivity index (χ3n) is 3.04. The highest BCUT2D eigenvalue weighted by atomic mass is 16.5. The normalized spacial score (nSPS) is 10.4. The van der Waals surface area contributed by atoms with Gasteiger partial charge in [-0.1, -0.05) is 18.7 Å². The Morgan fingerprint density at radius 3 is 2.29 bits per heavy atom. The van der Waals surface area contributed by atoms with Gasteiger partial charge in [0.1, 0.15) is 5.75 Å². The number of carbonyl (C=O) groups excluding carboxylic acids is 2. The highest BCUT2D eigenvalue weighted by Gasteiger charge is 2.05. The number of esters is 1. The number of benzene rings is 2. The summed E-state index contributed by atoms with van der Waals surface area (Å²) in [6.45, 7) is 5.09. The molecule has 24 heavy (non-hydrogen) atoms. The monoisotopic (exact) mass is 322 g/mol. The summed E-state index contributed by atoms with van der Waals surface area (Å²) in [5.74, 6) is -0.366. The lowest BCUT2D eigenvalue weighted by molar-refractivity contribution is -0.130. The highest BCUT2D eigenvalue weighted by molar-refractivity contribution is 6.02. The molecule has 0 atom stereocenters. The number of nitrogens with one attached hydrogen (secondary N) is 1. The second-order valence-corrected chi connectivity index (χ2v) is 5.18. The first-order chi connectivity index (χ1) is 11.4. The molecule has 0 saturated carbocycles. The lowest BCUT2D eigenvalue weighted by Gasteiger charge is -2.06. The van der Waals surface area contributed by atoms with Crippen LogP contribution in [0, 0.1) is 0 Å². The Bertz CT molecular complexity index is 775. The van der Waals surface area contributed by atoms with Crippen LogP contribution in [-0.2, 0) is 9.59 Å². The van der Waals surface area contributed by atoms with Gasteiger partial charge in [-0.15, -0.1) is 0 Å². The maximum Gasteiger partial charge on any atom is 0.338 e. The van der Waals surface area contributed by atoms with Gasteiger partial charge in [-0.25, -0.2) is 4.79 Å². The lowest BCUT2D eigenvalue weighted by atomic mass is 10.2. The zero-order valence-corrected chi connectivity index (χ0v) is 13.3. The van der Waals surface area contributed by atoms with E-state index in [1.165, 1.54) is 6.08 Å². The van der Waals surface area contributed by atoms with Gasteiger partial charge in [0, 0.05) is 23.0 Å². The Morgan fingerprint density at radius 2 is 1.71 bits per heavy atom. The molecule has 3 N–H and O–H groups in total. The molecule has 0 fully saturated rings. The van der Waals surface area contributed by atoms with Crippen molar-refractivity contribution < 1.29 is 14.3 Å². The van der Waals surface area contributed by atoms with E-state index in [9.17, 15) is 9.59 Å². The summed E-state index contributed by atoms with van der Waals surface area (Å²) in [4.78, 5) is 23.3. The van der Waals surface area contributed by atoms with E-state index in [1.54, 1.807) is 49.4 Å². The third kappa shape index (κ3) is 5.14. The Balaban J connectivity index is 1.93. The molecular formula is C19H18N2O3. The SMILES string of the molecule is C=C(C)C(=O)Oc1ccc(NC(=O)/C=C/c2ccc(N)cc2)cc1. The summed E-state index contributed by atoms with van der Waals surface area (Å²) in [7, 11) is 0. The number of hydrogen-bond donors (Lipinski definition) is 2. The molecule has 0 saturated heterocycles. The predicted molar refractivity (Wildman–Crippen MR) is 95.4 cm³/mol. The van der Waals surface area contributed by atoms with E-state index in [4.69, 9.17) is 10.5 Å². The van der Waals surface area contributed by atoms with Gasteiger partial charge >= 0.3 is 5.97 Å². The van der Waals surface area contributed by atoms with E-state index in [0.29, 0.717) is 22.7 Å². The molecule has 5 heteroatoms. The van der Waals surface area contributed by atoms with Crippen LogP contribution in [0.3, 0.4) is 0 Å². The molecule has 5 nitrogen and oxygen atoms in total. The fourth-order valence-corrected chi connectivity index (χ4v) is 1.76. The lowest BCUT2D eigenvalue weighted by Crippen LogP contribution is -2.09. The van der Waals surface area contributed by atoms with Crippen molar-refractivity contribution in [1.82, 2.24) is 0 Å². The molecule has 0 bridgehead atoms. The van der Waals surface area contributed by atoms with Crippen molar-refractivity contribution in [2.45, 2.75) is 6.92 Å². The fourth-order valence-electron chi connectivity index (χ4n) is 1.76. The number of hydrogen-bond acceptors (Lipinski definition) is 4. The molecule has 0 aromatic heterocycles. The van der Waals surface area contributed by atoms with Crippen molar-refractivity contribution in [3.05, 3.63) is 72.3 Å². The molecule has 0 heterocycles. The van der Waals surface area contributed by atoms with Crippen LogP contribution in [-0.4, -0.2) is 11.9 Å². The maximum atomic E-state index is 11.9. The predicted octanol–water partition coefficient (Wildman–Crippen LogP) is 3.40. The summed E-state index contributed by atoms with van der Waals surface area (Å²) in [5.41, 5.74) is 8.06. The van der Waals surface area contributed by atoms with Crippen LogP contribution in [0.5, 0.6) is 5.75 Å². The Kier molecular flexibility index (Phi) is 5.52. The van der Waals surface area contributed by atoms with Crippen molar-refractivity contribution in [2.75, 3.05) is 11.1 Å². The number of nitrogens with two attached hydrogens (primary N) is 1. The average Bonchev–Trinajstić information content (AvgIpc) is 2.56. The zero-order chi connectivity index (χ0) is 17.5. The van der Waals surface area contributed by atoms with Crippen molar-refractivity contribution in [3.63, 3.8) is 0 Å². The second-order valence-electron chi connectivity index (χ2n) is 5.18. The van der Waals surface area contributed by atoms with Gasteiger partial charge in [0.2, 0.25) is 5.91 Å². The third-order valence-corrected chi connectivity index (χ3v) is 3.04. The summed E-state index contributed by atoms with van der Waals surface area (Å²) < 4.78 is 5.08. The van der Waals surface area contributed by atoms with Crippen molar-refractivity contribution in [2.24, 2.45) is 0 Å². The molecule has 122 valence electrons. The molecule has 0 radical (unpaired) electrons.